The molecule has 29 heavy (non-hydrogen) atoms. The number of esters is 1. The van der Waals surface area contributed by atoms with E-state index in [1.165, 1.54) is 6.07 Å². The van der Waals surface area contributed by atoms with Gasteiger partial charge < -0.3 is 10.1 Å². The minimum Gasteiger partial charge on any atom is -0.456 e. The Kier molecular flexibility index (Phi) is 5.69. The molecule has 0 bridgehead atoms. The Bertz CT molecular complexity index is 1050. The summed E-state index contributed by atoms with van der Waals surface area (Å²) in [7, 11) is 0. The monoisotopic (exact) mass is 392 g/mol. The molecule has 0 spiro atoms. The Balaban J connectivity index is 2.06. The largest absolute Gasteiger partial charge is 0.456 e. The van der Waals surface area contributed by atoms with Gasteiger partial charge in [-0.25, -0.2) is 9.18 Å². The van der Waals surface area contributed by atoms with Gasteiger partial charge in [-0.05, 0) is 70.5 Å². The van der Waals surface area contributed by atoms with E-state index < -0.39 is 11.6 Å². The third kappa shape index (κ3) is 4.99. The molecule has 0 aliphatic heterocycles. The first-order chi connectivity index (χ1) is 13.6. The lowest BCUT2D eigenvalue weighted by atomic mass is 10.1. The third-order valence-electron chi connectivity index (χ3n) is 4.22. The molecule has 0 saturated heterocycles. The highest BCUT2D eigenvalue weighted by molar-refractivity contribution is 5.97. The number of hydrogen-bond donors (Lipinski definition) is 1. The molecule has 1 heterocycles. The lowest BCUT2D eigenvalue weighted by Gasteiger charge is -2.21. The van der Waals surface area contributed by atoms with Gasteiger partial charge in [-0.1, -0.05) is 23.8 Å². The molecule has 0 aliphatic rings. The fourth-order valence-corrected chi connectivity index (χ4v) is 2.95. The maximum absolute atomic E-state index is 14.4. The lowest BCUT2D eigenvalue weighted by Crippen LogP contribution is -2.24. The fraction of sp³-hybridized carbons (Fsp3) is 0.250. The van der Waals surface area contributed by atoms with Crippen LogP contribution in [0.5, 0.6) is 0 Å². The van der Waals surface area contributed by atoms with Crippen LogP contribution >= 0.6 is 0 Å². The molecule has 1 N–H and O–H groups in total. The van der Waals surface area contributed by atoms with Gasteiger partial charge in [0, 0.05) is 11.8 Å². The van der Waals surface area contributed by atoms with Gasteiger partial charge in [-0.2, -0.15) is 0 Å². The molecule has 0 fully saturated rings. The van der Waals surface area contributed by atoms with Gasteiger partial charge in [0.05, 0.1) is 22.6 Å². The molecule has 1 aromatic heterocycles. The van der Waals surface area contributed by atoms with Crippen molar-refractivity contribution in [3.8, 4) is 11.3 Å². The molecule has 0 saturated carbocycles. The second-order valence-electron chi connectivity index (χ2n) is 8.06. The number of carbonyl (C=O) groups is 1. The van der Waals surface area contributed by atoms with Crippen molar-refractivity contribution in [1.29, 1.82) is 0 Å². The van der Waals surface area contributed by atoms with Crippen LogP contribution in [0.2, 0.25) is 0 Å². The molecule has 5 heteroatoms. The first kappa shape index (κ1) is 20.5. The van der Waals surface area contributed by atoms with Gasteiger partial charge in [0.2, 0.25) is 0 Å². The second-order valence-corrected chi connectivity index (χ2v) is 8.06. The fourth-order valence-electron chi connectivity index (χ4n) is 2.95. The number of nitrogens with zero attached hydrogens (tertiary/aromatic N) is 1. The highest BCUT2D eigenvalue weighted by atomic mass is 19.1. The van der Waals surface area contributed by atoms with Crippen molar-refractivity contribution in [1.82, 2.24) is 4.98 Å². The molecular formula is C24H25FN2O2. The number of hydrogen-bond acceptors (Lipinski definition) is 4. The number of ether oxygens (including phenoxy) is 1. The molecule has 150 valence electrons. The van der Waals surface area contributed by atoms with E-state index in [0.29, 0.717) is 28.2 Å². The molecule has 0 unspecified atom stereocenters. The molecule has 3 rings (SSSR count). The summed E-state index contributed by atoms with van der Waals surface area (Å²) >= 11 is 0. The summed E-state index contributed by atoms with van der Waals surface area (Å²) in [6.07, 6.45) is 1.69. The number of nitrogens with one attached hydrogen (secondary N) is 1. The molecule has 2 aromatic carbocycles. The van der Waals surface area contributed by atoms with Crippen LogP contribution in [0.25, 0.3) is 11.3 Å². The number of aromatic nitrogens is 1. The van der Waals surface area contributed by atoms with Gasteiger partial charge in [0.15, 0.2) is 0 Å². The molecule has 0 radical (unpaired) electrons. The second kappa shape index (κ2) is 8.03. The first-order valence-electron chi connectivity index (χ1n) is 9.46. The number of halogens is 1. The van der Waals surface area contributed by atoms with E-state index in [9.17, 15) is 9.18 Å². The van der Waals surface area contributed by atoms with Gasteiger partial charge in [0.25, 0.3) is 0 Å². The minimum absolute atomic E-state index is 0.358. The molecule has 3 aromatic rings. The average molecular weight is 392 g/mol. The number of benzene rings is 2. The zero-order valence-electron chi connectivity index (χ0n) is 17.3. The highest BCUT2D eigenvalue weighted by Gasteiger charge is 2.21. The quantitative estimate of drug-likeness (QED) is 0.537. The Morgan fingerprint density at radius 1 is 1.00 bits per heavy atom. The van der Waals surface area contributed by atoms with Crippen LogP contribution in [-0.4, -0.2) is 16.6 Å². The number of pyridine rings is 1. The van der Waals surface area contributed by atoms with Crippen molar-refractivity contribution >= 4 is 17.3 Å². The van der Waals surface area contributed by atoms with E-state index in [1.807, 2.05) is 52.8 Å². The smallest absolute Gasteiger partial charge is 0.340 e. The molecule has 0 atom stereocenters. The van der Waals surface area contributed by atoms with Crippen molar-refractivity contribution in [2.24, 2.45) is 0 Å². The topological polar surface area (TPSA) is 51.2 Å². The van der Waals surface area contributed by atoms with E-state index >= 15 is 0 Å². The van der Waals surface area contributed by atoms with Crippen molar-refractivity contribution in [2.45, 2.75) is 40.2 Å². The van der Waals surface area contributed by atoms with Crippen molar-refractivity contribution < 1.29 is 13.9 Å². The lowest BCUT2D eigenvalue weighted by molar-refractivity contribution is 0.00706. The van der Waals surface area contributed by atoms with E-state index in [0.717, 1.165) is 11.1 Å². The summed E-state index contributed by atoms with van der Waals surface area (Å²) in [5.41, 5.74) is 3.72. The average Bonchev–Trinajstić information content (AvgIpc) is 2.63. The zero-order valence-corrected chi connectivity index (χ0v) is 17.3. The molecule has 4 nitrogen and oxygen atoms in total. The van der Waals surface area contributed by atoms with Crippen LogP contribution in [0.15, 0.2) is 54.7 Å². The standard InChI is InChI=1S/C24H25FN2O2/c1-15-10-11-20(18(12-15)23(28)29-24(3,4)5)27-21-13-16(2)14-26-22(21)17-8-6-7-9-19(17)25/h6-14,27H,1-5H3. The predicted molar refractivity (Wildman–Crippen MR) is 114 cm³/mol. The number of aryl methyl sites for hydroxylation is 2. The summed E-state index contributed by atoms with van der Waals surface area (Å²) in [5.74, 6) is -0.778. The van der Waals surface area contributed by atoms with Crippen LogP contribution < -0.4 is 5.32 Å². The summed E-state index contributed by atoms with van der Waals surface area (Å²) in [6, 6.07) is 13.9. The number of anilines is 2. The maximum Gasteiger partial charge on any atom is 0.340 e. The van der Waals surface area contributed by atoms with Crippen LogP contribution in [0.1, 0.15) is 42.3 Å². The van der Waals surface area contributed by atoms with Crippen LogP contribution in [0, 0.1) is 19.7 Å². The van der Waals surface area contributed by atoms with Crippen molar-refractivity contribution in [3.05, 3.63) is 77.2 Å². The Morgan fingerprint density at radius 2 is 1.72 bits per heavy atom. The number of rotatable bonds is 4. The summed E-state index contributed by atoms with van der Waals surface area (Å²) < 4.78 is 20.0. The van der Waals surface area contributed by atoms with E-state index in [1.54, 1.807) is 30.5 Å². The summed E-state index contributed by atoms with van der Waals surface area (Å²) in [5, 5.41) is 3.27. The van der Waals surface area contributed by atoms with E-state index in [4.69, 9.17) is 4.74 Å². The Morgan fingerprint density at radius 3 is 2.41 bits per heavy atom. The van der Waals surface area contributed by atoms with Gasteiger partial charge in [-0.3, -0.25) is 4.98 Å². The van der Waals surface area contributed by atoms with Crippen molar-refractivity contribution in [2.75, 3.05) is 5.32 Å². The van der Waals surface area contributed by atoms with Crippen molar-refractivity contribution in [3.63, 3.8) is 0 Å². The number of carbonyl (C=O) groups excluding carboxylic acids is 1. The normalized spacial score (nSPS) is 11.2. The third-order valence-corrected chi connectivity index (χ3v) is 4.22. The van der Waals surface area contributed by atoms with Gasteiger partial charge >= 0.3 is 5.97 Å². The van der Waals surface area contributed by atoms with Crippen LogP contribution in [0.3, 0.4) is 0 Å². The van der Waals surface area contributed by atoms with Crippen LogP contribution in [-0.2, 0) is 4.74 Å². The van der Waals surface area contributed by atoms with Gasteiger partial charge in [-0.15, -0.1) is 0 Å². The van der Waals surface area contributed by atoms with E-state index in [-0.39, 0.29) is 5.82 Å². The molecular weight excluding hydrogens is 367 g/mol. The summed E-state index contributed by atoms with van der Waals surface area (Å²) in [6.45, 7) is 9.31. The summed E-state index contributed by atoms with van der Waals surface area (Å²) in [4.78, 5) is 17.2. The molecule has 0 aliphatic carbocycles. The first-order valence-corrected chi connectivity index (χ1v) is 9.46. The van der Waals surface area contributed by atoms with Crippen LogP contribution in [0.4, 0.5) is 15.8 Å². The minimum atomic E-state index is -0.610. The van der Waals surface area contributed by atoms with E-state index in [2.05, 4.69) is 10.3 Å². The Labute approximate surface area is 170 Å². The highest BCUT2D eigenvalue weighted by Crippen LogP contribution is 2.32. The maximum atomic E-state index is 14.4. The van der Waals surface area contributed by atoms with Gasteiger partial charge in [0.1, 0.15) is 11.4 Å². The SMILES string of the molecule is Cc1cnc(-c2ccccc2F)c(Nc2ccc(C)cc2C(=O)OC(C)(C)C)c1. The zero-order chi connectivity index (χ0) is 21.2. The molecule has 0 amide bonds. The predicted octanol–water partition coefficient (Wildman–Crippen LogP) is 6.20. The Hall–Kier alpha value is -3.21.